The molecule has 0 bridgehead atoms. The van der Waals surface area contributed by atoms with E-state index in [0.717, 1.165) is 25.9 Å². The summed E-state index contributed by atoms with van der Waals surface area (Å²) < 4.78 is 5.05. The van der Waals surface area contributed by atoms with E-state index in [9.17, 15) is 9.59 Å². The first kappa shape index (κ1) is 15.3. The van der Waals surface area contributed by atoms with Crippen molar-refractivity contribution in [2.75, 3.05) is 18.4 Å². The van der Waals surface area contributed by atoms with Crippen LogP contribution in [0.25, 0.3) is 0 Å². The molecule has 1 aliphatic rings. The molecule has 3 N–H and O–H groups in total. The third-order valence-electron chi connectivity index (χ3n) is 3.80. The SMILES string of the molecule is O=C(NC1CCNCC1)c1cccc(NC(=O)c2ccco2)c1. The van der Waals surface area contributed by atoms with Crippen molar-refractivity contribution in [3.8, 4) is 0 Å². The molecule has 0 atom stereocenters. The zero-order chi connectivity index (χ0) is 16.1. The molecule has 1 fully saturated rings. The molecular formula is C17H19N3O3. The number of furan rings is 1. The van der Waals surface area contributed by atoms with Crippen molar-refractivity contribution in [2.45, 2.75) is 18.9 Å². The van der Waals surface area contributed by atoms with Crippen LogP contribution >= 0.6 is 0 Å². The van der Waals surface area contributed by atoms with Gasteiger partial charge in [0.1, 0.15) is 0 Å². The summed E-state index contributed by atoms with van der Waals surface area (Å²) in [5, 5.41) is 9.02. The molecule has 6 nitrogen and oxygen atoms in total. The number of rotatable bonds is 4. The molecule has 0 saturated carbocycles. The largest absolute Gasteiger partial charge is 0.459 e. The second-order valence-electron chi connectivity index (χ2n) is 5.51. The van der Waals surface area contributed by atoms with E-state index in [1.54, 1.807) is 36.4 Å². The van der Waals surface area contributed by atoms with Crippen molar-refractivity contribution in [3.63, 3.8) is 0 Å². The molecule has 0 radical (unpaired) electrons. The van der Waals surface area contributed by atoms with E-state index in [2.05, 4.69) is 16.0 Å². The summed E-state index contributed by atoms with van der Waals surface area (Å²) in [4.78, 5) is 24.3. The van der Waals surface area contributed by atoms with E-state index in [1.165, 1.54) is 6.26 Å². The summed E-state index contributed by atoms with van der Waals surface area (Å²) in [5.41, 5.74) is 1.09. The van der Waals surface area contributed by atoms with Gasteiger partial charge in [-0.25, -0.2) is 0 Å². The van der Waals surface area contributed by atoms with Crippen LogP contribution in [0.5, 0.6) is 0 Å². The van der Waals surface area contributed by atoms with Crippen molar-refractivity contribution < 1.29 is 14.0 Å². The van der Waals surface area contributed by atoms with Crippen molar-refractivity contribution in [2.24, 2.45) is 0 Å². The van der Waals surface area contributed by atoms with Gasteiger partial charge in [-0.15, -0.1) is 0 Å². The van der Waals surface area contributed by atoms with Crippen LogP contribution in [0.4, 0.5) is 5.69 Å². The fourth-order valence-electron chi connectivity index (χ4n) is 2.57. The Hall–Kier alpha value is -2.60. The molecule has 3 rings (SSSR count). The maximum atomic E-state index is 12.3. The summed E-state index contributed by atoms with van der Waals surface area (Å²) in [6.45, 7) is 1.84. The molecule has 23 heavy (non-hydrogen) atoms. The first-order valence-electron chi connectivity index (χ1n) is 7.69. The third-order valence-corrected chi connectivity index (χ3v) is 3.80. The normalized spacial score (nSPS) is 15.1. The van der Waals surface area contributed by atoms with E-state index in [4.69, 9.17) is 4.42 Å². The van der Waals surface area contributed by atoms with Crippen molar-refractivity contribution in [1.29, 1.82) is 0 Å². The van der Waals surface area contributed by atoms with Crippen LogP contribution in [-0.2, 0) is 0 Å². The predicted octanol–water partition coefficient (Wildman–Crippen LogP) is 2.01. The van der Waals surface area contributed by atoms with Crippen LogP contribution in [0, 0.1) is 0 Å². The summed E-state index contributed by atoms with van der Waals surface area (Å²) in [6.07, 6.45) is 3.30. The summed E-state index contributed by atoms with van der Waals surface area (Å²) in [7, 11) is 0. The Kier molecular flexibility index (Phi) is 4.73. The minimum Gasteiger partial charge on any atom is -0.459 e. The Balaban J connectivity index is 1.64. The molecule has 0 aliphatic carbocycles. The number of piperidine rings is 1. The van der Waals surface area contributed by atoms with Crippen LogP contribution in [0.3, 0.4) is 0 Å². The van der Waals surface area contributed by atoms with E-state index in [1.807, 2.05) is 0 Å². The van der Waals surface area contributed by atoms with Gasteiger partial charge in [-0.3, -0.25) is 9.59 Å². The van der Waals surface area contributed by atoms with Crippen LogP contribution in [0.1, 0.15) is 33.8 Å². The zero-order valence-corrected chi connectivity index (χ0v) is 12.7. The maximum Gasteiger partial charge on any atom is 0.291 e. The maximum absolute atomic E-state index is 12.3. The van der Waals surface area contributed by atoms with Crippen molar-refractivity contribution in [3.05, 3.63) is 54.0 Å². The van der Waals surface area contributed by atoms with E-state index < -0.39 is 0 Å². The van der Waals surface area contributed by atoms with Crippen LogP contribution in [-0.4, -0.2) is 30.9 Å². The molecule has 0 unspecified atom stereocenters. The first-order chi connectivity index (χ1) is 11.2. The molecule has 6 heteroatoms. The number of nitrogens with one attached hydrogen (secondary N) is 3. The number of hydrogen-bond donors (Lipinski definition) is 3. The van der Waals surface area contributed by atoms with Gasteiger partial charge in [-0.05, 0) is 56.3 Å². The molecule has 2 amide bonds. The average molecular weight is 313 g/mol. The zero-order valence-electron chi connectivity index (χ0n) is 12.7. The first-order valence-corrected chi connectivity index (χ1v) is 7.69. The lowest BCUT2D eigenvalue weighted by molar-refractivity contribution is 0.0928. The Morgan fingerprint density at radius 1 is 1.09 bits per heavy atom. The molecule has 2 aromatic rings. The van der Waals surface area contributed by atoms with Crippen molar-refractivity contribution >= 4 is 17.5 Å². The molecule has 1 saturated heterocycles. The minimum atomic E-state index is -0.342. The third kappa shape index (κ3) is 3.98. The lowest BCUT2D eigenvalue weighted by Crippen LogP contribution is -2.42. The lowest BCUT2D eigenvalue weighted by Gasteiger charge is -2.23. The van der Waals surface area contributed by atoms with Crippen molar-refractivity contribution in [1.82, 2.24) is 10.6 Å². The summed E-state index contributed by atoms with van der Waals surface area (Å²) >= 11 is 0. The lowest BCUT2D eigenvalue weighted by atomic mass is 10.1. The standard InChI is InChI=1S/C17H19N3O3/c21-16(19-13-6-8-18-9-7-13)12-3-1-4-14(11-12)20-17(22)15-5-2-10-23-15/h1-5,10-11,13,18H,6-9H2,(H,19,21)(H,20,22). The monoisotopic (exact) mass is 313 g/mol. The Morgan fingerprint density at radius 3 is 2.65 bits per heavy atom. The predicted molar refractivity (Wildman–Crippen MR) is 86.5 cm³/mol. The second kappa shape index (κ2) is 7.11. The molecule has 120 valence electrons. The van der Waals surface area contributed by atoms with E-state index in [0.29, 0.717) is 11.3 Å². The fourth-order valence-corrected chi connectivity index (χ4v) is 2.57. The van der Waals surface area contributed by atoms with Gasteiger partial charge in [0.05, 0.1) is 6.26 Å². The van der Waals surface area contributed by atoms with E-state index in [-0.39, 0.29) is 23.6 Å². The highest BCUT2D eigenvalue weighted by molar-refractivity contribution is 6.03. The molecule has 1 aromatic heterocycles. The van der Waals surface area contributed by atoms with Gasteiger partial charge < -0.3 is 20.4 Å². The van der Waals surface area contributed by atoms with Gasteiger partial charge in [0.2, 0.25) is 0 Å². The molecule has 1 aromatic carbocycles. The average Bonchev–Trinajstić information content (AvgIpc) is 3.11. The summed E-state index contributed by atoms with van der Waals surface area (Å²) in [6, 6.07) is 10.3. The Bertz CT molecular complexity index is 676. The quantitative estimate of drug-likeness (QED) is 0.806. The molecule has 0 spiro atoms. The number of carbonyl (C=O) groups excluding carboxylic acids is 2. The number of amides is 2. The van der Waals surface area contributed by atoms with E-state index >= 15 is 0 Å². The fraction of sp³-hybridized carbons (Fsp3) is 0.294. The van der Waals surface area contributed by atoms with Gasteiger partial charge in [0.25, 0.3) is 11.8 Å². The van der Waals surface area contributed by atoms with Crippen LogP contribution in [0.2, 0.25) is 0 Å². The van der Waals surface area contributed by atoms with Crippen LogP contribution in [0.15, 0.2) is 47.1 Å². The summed E-state index contributed by atoms with van der Waals surface area (Å²) in [5.74, 6) is -0.230. The van der Waals surface area contributed by atoms with Crippen LogP contribution < -0.4 is 16.0 Å². The number of hydrogen-bond acceptors (Lipinski definition) is 4. The highest BCUT2D eigenvalue weighted by atomic mass is 16.3. The molecular weight excluding hydrogens is 294 g/mol. The van der Waals surface area contributed by atoms with Gasteiger partial charge in [-0.2, -0.15) is 0 Å². The Labute approximate surface area is 134 Å². The van der Waals surface area contributed by atoms with Gasteiger partial charge in [0, 0.05) is 17.3 Å². The number of anilines is 1. The number of carbonyl (C=O) groups is 2. The smallest absolute Gasteiger partial charge is 0.291 e. The minimum absolute atomic E-state index is 0.119. The van der Waals surface area contributed by atoms with Gasteiger partial charge in [-0.1, -0.05) is 6.07 Å². The Morgan fingerprint density at radius 2 is 1.91 bits per heavy atom. The second-order valence-corrected chi connectivity index (χ2v) is 5.51. The highest BCUT2D eigenvalue weighted by Crippen LogP contribution is 2.13. The van der Waals surface area contributed by atoms with Gasteiger partial charge >= 0.3 is 0 Å². The molecule has 1 aliphatic heterocycles. The van der Waals surface area contributed by atoms with Gasteiger partial charge in [0.15, 0.2) is 5.76 Å². The topological polar surface area (TPSA) is 83.4 Å². The number of benzene rings is 1. The highest BCUT2D eigenvalue weighted by Gasteiger charge is 2.17. The molecule has 2 heterocycles.